The van der Waals surface area contributed by atoms with E-state index < -0.39 is 5.60 Å². The lowest BCUT2D eigenvalue weighted by Gasteiger charge is -2.49. The minimum Gasteiger partial charge on any atom is -0.389 e. The van der Waals surface area contributed by atoms with Crippen molar-refractivity contribution in [3.63, 3.8) is 0 Å². The first-order chi connectivity index (χ1) is 6.32. The minimum atomic E-state index is -0.590. The van der Waals surface area contributed by atoms with Crippen molar-refractivity contribution in [1.29, 1.82) is 0 Å². The second-order valence-electron chi connectivity index (χ2n) is 5.40. The summed E-state index contributed by atoms with van der Waals surface area (Å²) in [6, 6.07) is 0.444. The molecule has 1 saturated heterocycles. The van der Waals surface area contributed by atoms with E-state index in [-0.39, 0.29) is 5.41 Å². The summed E-state index contributed by atoms with van der Waals surface area (Å²) in [5, 5.41) is 10.6. The second kappa shape index (κ2) is 3.80. The van der Waals surface area contributed by atoms with Crippen molar-refractivity contribution < 1.29 is 5.11 Å². The number of aliphatic hydroxyl groups is 1. The van der Waals surface area contributed by atoms with Crippen LogP contribution >= 0.6 is 0 Å². The Kier molecular flexibility index (Phi) is 3.24. The molecule has 14 heavy (non-hydrogen) atoms. The van der Waals surface area contributed by atoms with Crippen molar-refractivity contribution in [2.75, 3.05) is 20.1 Å². The highest BCUT2D eigenvalue weighted by Gasteiger charge is 2.45. The van der Waals surface area contributed by atoms with Crippen molar-refractivity contribution in [1.82, 2.24) is 4.90 Å². The van der Waals surface area contributed by atoms with E-state index >= 15 is 0 Å². The molecule has 1 rings (SSSR count). The van der Waals surface area contributed by atoms with E-state index in [2.05, 4.69) is 32.7 Å². The molecule has 0 spiro atoms. The van der Waals surface area contributed by atoms with Crippen LogP contribution in [0.2, 0.25) is 0 Å². The second-order valence-corrected chi connectivity index (χ2v) is 5.40. The summed E-state index contributed by atoms with van der Waals surface area (Å²) in [6.45, 7) is 7.79. The smallest absolute Gasteiger partial charge is 0.0737 e. The number of hydrogen-bond acceptors (Lipinski definition) is 3. The molecule has 1 heterocycles. The molecule has 84 valence electrons. The predicted molar refractivity (Wildman–Crippen MR) is 59.1 cm³/mol. The Morgan fingerprint density at radius 1 is 1.57 bits per heavy atom. The maximum Gasteiger partial charge on any atom is 0.0737 e. The largest absolute Gasteiger partial charge is 0.389 e. The van der Waals surface area contributed by atoms with Gasteiger partial charge in [-0.2, -0.15) is 0 Å². The zero-order valence-corrected chi connectivity index (χ0v) is 9.88. The molecule has 0 aromatic rings. The molecule has 1 aliphatic heterocycles. The molecule has 0 saturated carbocycles. The number of nitrogens with zero attached hydrogens (tertiary/aromatic N) is 1. The van der Waals surface area contributed by atoms with Gasteiger partial charge in [0.2, 0.25) is 0 Å². The molecule has 2 atom stereocenters. The fraction of sp³-hybridized carbons (Fsp3) is 1.00. The van der Waals surface area contributed by atoms with Crippen LogP contribution in [0.3, 0.4) is 0 Å². The standard InChI is InChI=1S/C11H24N2O/c1-9-7-11(14,5-6-13(9)4)10(2,3)8-12/h9,14H,5-8,12H2,1-4H3. The predicted octanol–water partition coefficient (Wildman–Crippen LogP) is 0.817. The first-order valence-electron chi connectivity index (χ1n) is 5.45. The molecule has 0 radical (unpaired) electrons. The van der Waals surface area contributed by atoms with Gasteiger partial charge in [-0.25, -0.2) is 0 Å². The van der Waals surface area contributed by atoms with Gasteiger partial charge in [-0.05, 0) is 26.8 Å². The highest BCUT2D eigenvalue weighted by Crippen LogP contribution is 2.39. The summed E-state index contributed by atoms with van der Waals surface area (Å²) in [4.78, 5) is 2.29. The maximum absolute atomic E-state index is 10.6. The number of hydrogen-bond donors (Lipinski definition) is 2. The molecule has 0 aliphatic carbocycles. The van der Waals surface area contributed by atoms with Crippen molar-refractivity contribution in [3.8, 4) is 0 Å². The van der Waals surface area contributed by atoms with Gasteiger partial charge in [0.05, 0.1) is 5.60 Å². The average molecular weight is 200 g/mol. The summed E-state index contributed by atoms with van der Waals surface area (Å²) < 4.78 is 0. The molecule has 0 aromatic heterocycles. The molecule has 3 nitrogen and oxygen atoms in total. The zero-order valence-electron chi connectivity index (χ0n) is 9.88. The third kappa shape index (κ3) is 1.95. The molecule has 1 aliphatic rings. The fourth-order valence-corrected chi connectivity index (χ4v) is 2.13. The highest BCUT2D eigenvalue weighted by molar-refractivity contribution is 4.99. The van der Waals surface area contributed by atoms with Crippen LogP contribution in [0.4, 0.5) is 0 Å². The van der Waals surface area contributed by atoms with Gasteiger partial charge in [0.25, 0.3) is 0 Å². The number of likely N-dealkylation sites (tertiary alicyclic amines) is 1. The molecule has 0 aromatic carbocycles. The van der Waals surface area contributed by atoms with E-state index in [9.17, 15) is 5.11 Å². The lowest BCUT2D eigenvalue weighted by atomic mass is 9.68. The van der Waals surface area contributed by atoms with Gasteiger partial charge in [0.15, 0.2) is 0 Å². The topological polar surface area (TPSA) is 49.5 Å². The van der Waals surface area contributed by atoms with Crippen LogP contribution in [-0.2, 0) is 0 Å². The first kappa shape index (κ1) is 12.0. The van der Waals surface area contributed by atoms with Crippen molar-refractivity contribution in [2.45, 2.75) is 45.3 Å². The Morgan fingerprint density at radius 2 is 2.14 bits per heavy atom. The van der Waals surface area contributed by atoms with Gasteiger partial charge in [-0.15, -0.1) is 0 Å². The molecular weight excluding hydrogens is 176 g/mol. The van der Waals surface area contributed by atoms with Gasteiger partial charge in [0, 0.05) is 24.5 Å². The highest BCUT2D eigenvalue weighted by atomic mass is 16.3. The van der Waals surface area contributed by atoms with Crippen molar-refractivity contribution in [2.24, 2.45) is 11.1 Å². The van der Waals surface area contributed by atoms with E-state index in [1.165, 1.54) is 0 Å². The maximum atomic E-state index is 10.6. The first-order valence-corrected chi connectivity index (χ1v) is 5.45. The SMILES string of the molecule is CC1CC(O)(C(C)(C)CN)CCN1C. The minimum absolute atomic E-state index is 0.178. The molecule has 0 amide bonds. The lowest BCUT2D eigenvalue weighted by Crippen LogP contribution is -2.57. The Hall–Kier alpha value is -0.120. The Balaban J connectivity index is 2.76. The Bertz CT molecular complexity index is 205. The number of piperidine rings is 1. The lowest BCUT2D eigenvalue weighted by molar-refractivity contribution is -0.113. The van der Waals surface area contributed by atoms with E-state index in [0.29, 0.717) is 12.6 Å². The Labute approximate surface area is 87.3 Å². The molecule has 3 heteroatoms. The summed E-state index contributed by atoms with van der Waals surface area (Å²) in [5.41, 5.74) is 4.96. The van der Waals surface area contributed by atoms with Crippen LogP contribution in [0.5, 0.6) is 0 Å². The molecule has 3 N–H and O–H groups in total. The van der Waals surface area contributed by atoms with E-state index in [1.54, 1.807) is 0 Å². The zero-order chi connectivity index (χ0) is 11.0. The third-order valence-electron chi connectivity index (χ3n) is 4.03. The average Bonchev–Trinajstić information content (AvgIpc) is 2.12. The number of rotatable bonds is 2. The van der Waals surface area contributed by atoms with Gasteiger partial charge in [-0.3, -0.25) is 0 Å². The summed E-state index contributed by atoms with van der Waals surface area (Å²) in [7, 11) is 2.11. The van der Waals surface area contributed by atoms with Crippen LogP contribution in [0.25, 0.3) is 0 Å². The van der Waals surface area contributed by atoms with E-state index in [0.717, 1.165) is 19.4 Å². The quantitative estimate of drug-likeness (QED) is 0.694. The molecule has 1 fully saturated rings. The number of nitrogens with two attached hydrogens (primary N) is 1. The summed E-state index contributed by atoms with van der Waals surface area (Å²) in [5.74, 6) is 0. The summed E-state index contributed by atoms with van der Waals surface area (Å²) >= 11 is 0. The monoisotopic (exact) mass is 200 g/mol. The van der Waals surface area contributed by atoms with Crippen molar-refractivity contribution >= 4 is 0 Å². The molecule has 0 bridgehead atoms. The van der Waals surface area contributed by atoms with Gasteiger partial charge in [0.1, 0.15) is 0 Å². The van der Waals surface area contributed by atoms with Crippen molar-refractivity contribution in [3.05, 3.63) is 0 Å². The van der Waals surface area contributed by atoms with E-state index in [1.807, 2.05) is 0 Å². The van der Waals surface area contributed by atoms with Gasteiger partial charge >= 0.3 is 0 Å². The van der Waals surface area contributed by atoms with Crippen LogP contribution < -0.4 is 5.73 Å². The van der Waals surface area contributed by atoms with E-state index in [4.69, 9.17) is 5.73 Å². The third-order valence-corrected chi connectivity index (χ3v) is 4.03. The van der Waals surface area contributed by atoms with Crippen LogP contribution in [0, 0.1) is 5.41 Å². The summed E-state index contributed by atoms with van der Waals surface area (Å²) in [6.07, 6.45) is 1.66. The molecular formula is C11H24N2O. The molecule has 2 unspecified atom stereocenters. The van der Waals surface area contributed by atoms with Crippen LogP contribution in [0.15, 0.2) is 0 Å². The van der Waals surface area contributed by atoms with Gasteiger partial charge < -0.3 is 15.7 Å². The van der Waals surface area contributed by atoms with Crippen LogP contribution in [0.1, 0.15) is 33.6 Å². The Morgan fingerprint density at radius 3 is 2.57 bits per heavy atom. The van der Waals surface area contributed by atoms with Crippen LogP contribution in [-0.4, -0.2) is 41.8 Å². The van der Waals surface area contributed by atoms with Gasteiger partial charge in [-0.1, -0.05) is 13.8 Å². The fourth-order valence-electron chi connectivity index (χ4n) is 2.13. The normalized spacial score (nSPS) is 36.0.